The third-order valence-corrected chi connectivity index (χ3v) is 2.28. The number of benzene rings is 1. The average Bonchev–Trinajstić information content (AvgIpc) is 2.25. The Balaban J connectivity index is 2.45. The molecule has 0 heterocycles. The van der Waals surface area contributed by atoms with Crippen LogP contribution in [0.25, 0.3) is 0 Å². The van der Waals surface area contributed by atoms with Crippen LogP contribution in [0, 0.1) is 11.7 Å². The summed E-state index contributed by atoms with van der Waals surface area (Å²) in [5.41, 5.74) is 0.640. The largest absolute Gasteiger partial charge is 0.481 e. The normalized spacial score (nSPS) is 11.9. The summed E-state index contributed by atoms with van der Waals surface area (Å²) < 4.78 is 12.8. The Labute approximate surface area is 98.5 Å². The Morgan fingerprint density at radius 1 is 1.47 bits per heavy atom. The molecule has 92 valence electrons. The van der Waals surface area contributed by atoms with Gasteiger partial charge in [-0.1, -0.05) is 19.1 Å². The molecule has 0 saturated carbocycles. The summed E-state index contributed by atoms with van der Waals surface area (Å²) >= 11 is 0. The van der Waals surface area contributed by atoms with Gasteiger partial charge in [-0.3, -0.25) is 9.59 Å². The average molecular weight is 239 g/mol. The van der Waals surface area contributed by atoms with Gasteiger partial charge in [-0.2, -0.15) is 0 Å². The van der Waals surface area contributed by atoms with E-state index in [1.165, 1.54) is 19.1 Å². The lowest BCUT2D eigenvalue weighted by Gasteiger charge is -2.10. The number of halogens is 1. The molecule has 0 bridgehead atoms. The maximum Gasteiger partial charge on any atom is 0.304 e. The summed E-state index contributed by atoms with van der Waals surface area (Å²) in [7, 11) is 0. The Morgan fingerprint density at radius 2 is 2.18 bits per heavy atom. The van der Waals surface area contributed by atoms with Crippen molar-refractivity contribution in [2.24, 2.45) is 5.92 Å². The van der Waals surface area contributed by atoms with E-state index in [0.717, 1.165) is 0 Å². The van der Waals surface area contributed by atoms with Crippen molar-refractivity contribution >= 4 is 11.9 Å². The van der Waals surface area contributed by atoms with Gasteiger partial charge in [0.15, 0.2) is 0 Å². The van der Waals surface area contributed by atoms with Crippen LogP contribution in [-0.4, -0.2) is 17.0 Å². The quantitative estimate of drug-likeness (QED) is 0.819. The van der Waals surface area contributed by atoms with Crippen molar-refractivity contribution in [2.45, 2.75) is 19.9 Å². The van der Waals surface area contributed by atoms with Gasteiger partial charge in [-0.05, 0) is 17.7 Å². The first-order valence-corrected chi connectivity index (χ1v) is 5.23. The molecule has 0 fully saturated rings. The molecule has 5 heteroatoms. The fourth-order valence-electron chi connectivity index (χ4n) is 1.36. The van der Waals surface area contributed by atoms with Crippen LogP contribution in [0.5, 0.6) is 0 Å². The van der Waals surface area contributed by atoms with E-state index >= 15 is 0 Å². The van der Waals surface area contributed by atoms with Crippen LogP contribution in [0.1, 0.15) is 18.9 Å². The number of rotatable bonds is 5. The minimum absolute atomic E-state index is 0.195. The number of carbonyl (C=O) groups excluding carboxylic acids is 1. The van der Waals surface area contributed by atoms with E-state index < -0.39 is 11.9 Å². The van der Waals surface area contributed by atoms with Crippen LogP contribution in [0.15, 0.2) is 24.3 Å². The first-order valence-electron chi connectivity index (χ1n) is 5.23. The first kappa shape index (κ1) is 13.2. The van der Waals surface area contributed by atoms with Crippen LogP contribution >= 0.6 is 0 Å². The summed E-state index contributed by atoms with van der Waals surface area (Å²) in [4.78, 5) is 21.9. The van der Waals surface area contributed by atoms with Gasteiger partial charge in [0.1, 0.15) is 5.82 Å². The van der Waals surface area contributed by atoms with Gasteiger partial charge < -0.3 is 10.4 Å². The SMILES string of the molecule is CC(CC(=O)O)C(=O)NCc1cccc(F)c1. The minimum Gasteiger partial charge on any atom is -0.481 e. The summed E-state index contributed by atoms with van der Waals surface area (Å²) in [6, 6.07) is 5.88. The van der Waals surface area contributed by atoms with Crippen LogP contribution in [0.4, 0.5) is 4.39 Å². The summed E-state index contributed by atoms with van der Waals surface area (Å²) in [6.07, 6.45) is -0.213. The van der Waals surface area contributed by atoms with E-state index in [4.69, 9.17) is 5.11 Å². The van der Waals surface area contributed by atoms with Gasteiger partial charge in [0, 0.05) is 12.5 Å². The molecule has 0 aromatic heterocycles. The maximum atomic E-state index is 12.8. The molecule has 4 nitrogen and oxygen atoms in total. The van der Waals surface area contributed by atoms with Crippen LogP contribution in [-0.2, 0) is 16.1 Å². The number of nitrogens with one attached hydrogen (secondary N) is 1. The van der Waals surface area contributed by atoms with Gasteiger partial charge in [0.2, 0.25) is 5.91 Å². The highest BCUT2D eigenvalue weighted by atomic mass is 19.1. The molecule has 0 spiro atoms. The van der Waals surface area contributed by atoms with Gasteiger partial charge in [-0.15, -0.1) is 0 Å². The highest BCUT2D eigenvalue weighted by Crippen LogP contribution is 2.05. The predicted molar refractivity (Wildman–Crippen MR) is 59.7 cm³/mol. The maximum absolute atomic E-state index is 12.8. The molecule has 1 aromatic carbocycles. The molecule has 1 atom stereocenters. The number of aliphatic carboxylic acids is 1. The second-order valence-electron chi connectivity index (χ2n) is 3.85. The third kappa shape index (κ3) is 4.63. The number of carboxylic acid groups (broad SMARTS) is 1. The monoisotopic (exact) mass is 239 g/mol. The highest BCUT2D eigenvalue weighted by Gasteiger charge is 2.15. The van der Waals surface area contributed by atoms with Crippen molar-refractivity contribution in [3.8, 4) is 0 Å². The summed E-state index contributed by atoms with van der Waals surface area (Å²) in [6.45, 7) is 1.73. The fourth-order valence-corrected chi connectivity index (χ4v) is 1.36. The van der Waals surface area contributed by atoms with E-state index in [9.17, 15) is 14.0 Å². The molecule has 2 N–H and O–H groups in total. The number of hydrogen-bond donors (Lipinski definition) is 2. The first-order chi connectivity index (χ1) is 7.99. The number of amides is 1. The van der Waals surface area contributed by atoms with Crippen LogP contribution < -0.4 is 5.32 Å². The Morgan fingerprint density at radius 3 is 2.76 bits per heavy atom. The van der Waals surface area contributed by atoms with E-state index in [-0.39, 0.29) is 24.7 Å². The van der Waals surface area contributed by atoms with Crippen LogP contribution in [0.3, 0.4) is 0 Å². The van der Waals surface area contributed by atoms with Crippen molar-refractivity contribution < 1.29 is 19.1 Å². The van der Waals surface area contributed by atoms with Gasteiger partial charge in [-0.25, -0.2) is 4.39 Å². The number of carbonyl (C=O) groups is 2. The molecule has 17 heavy (non-hydrogen) atoms. The Bertz CT molecular complexity index is 420. The Kier molecular flexibility index (Phi) is 4.63. The van der Waals surface area contributed by atoms with Crippen molar-refractivity contribution in [3.05, 3.63) is 35.6 Å². The lowest BCUT2D eigenvalue weighted by atomic mass is 10.1. The van der Waals surface area contributed by atoms with Crippen molar-refractivity contribution in [2.75, 3.05) is 0 Å². The van der Waals surface area contributed by atoms with Gasteiger partial charge >= 0.3 is 5.97 Å². The molecule has 0 aliphatic rings. The second kappa shape index (κ2) is 5.98. The topological polar surface area (TPSA) is 66.4 Å². The van der Waals surface area contributed by atoms with Crippen LogP contribution in [0.2, 0.25) is 0 Å². The van der Waals surface area contributed by atoms with Gasteiger partial charge in [0.05, 0.1) is 6.42 Å². The summed E-state index contributed by atoms with van der Waals surface area (Å²) in [5.74, 6) is -2.33. The Hall–Kier alpha value is -1.91. The molecule has 0 aliphatic heterocycles. The molecule has 0 radical (unpaired) electrons. The molecule has 1 aromatic rings. The standard InChI is InChI=1S/C12H14FNO3/c1-8(5-11(15)16)12(17)14-7-9-3-2-4-10(13)6-9/h2-4,6,8H,5,7H2,1H3,(H,14,17)(H,15,16). The number of hydrogen-bond acceptors (Lipinski definition) is 2. The lowest BCUT2D eigenvalue weighted by Crippen LogP contribution is -2.30. The van der Waals surface area contributed by atoms with E-state index in [1.54, 1.807) is 12.1 Å². The predicted octanol–water partition coefficient (Wildman–Crippen LogP) is 1.55. The number of carboxylic acids is 1. The van der Waals surface area contributed by atoms with E-state index in [0.29, 0.717) is 5.56 Å². The van der Waals surface area contributed by atoms with E-state index in [2.05, 4.69) is 5.32 Å². The molecular weight excluding hydrogens is 225 g/mol. The van der Waals surface area contributed by atoms with Crippen molar-refractivity contribution in [1.29, 1.82) is 0 Å². The van der Waals surface area contributed by atoms with Crippen molar-refractivity contribution in [1.82, 2.24) is 5.32 Å². The zero-order valence-corrected chi connectivity index (χ0v) is 9.44. The molecule has 0 aliphatic carbocycles. The molecule has 1 unspecified atom stereocenters. The van der Waals surface area contributed by atoms with E-state index in [1.807, 2.05) is 0 Å². The second-order valence-corrected chi connectivity index (χ2v) is 3.85. The third-order valence-electron chi connectivity index (χ3n) is 2.28. The lowest BCUT2D eigenvalue weighted by molar-refractivity contribution is -0.140. The zero-order valence-electron chi connectivity index (χ0n) is 9.44. The minimum atomic E-state index is -1.02. The summed E-state index contributed by atoms with van der Waals surface area (Å²) in [5, 5.41) is 11.1. The zero-order chi connectivity index (χ0) is 12.8. The molecule has 1 amide bonds. The van der Waals surface area contributed by atoms with Crippen molar-refractivity contribution in [3.63, 3.8) is 0 Å². The molecule has 0 saturated heterocycles. The fraction of sp³-hybridized carbons (Fsp3) is 0.333. The molecule has 1 rings (SSSR count). The van der Waals surface area contributed by atoms with Gasteiger partial charge in [0.25, 0.3) is 0 Å². The smallest absolute Gasteiger partial charge is 0.304 e. The highest BCUT2D eigenvalue weighted by molar-refractivity contribution is 5.82. The molecular formula is C12H14FNO3.